The molecule has 1 nitrogen and oxygen atoms in total. The van der Waals surface area contributed by atoms with E-state index in [0.717, 1.165) is 18.3 Å². The number of hydrogen-bond acceptors (Lipinski definition) is 1. The van der Waals surface area contributed by atoms with E-state index in [1.807, 2.05) is 0 Å². The van der Waals surface area contributed by atoms with E-state index in [1.165, 1.54) is 93.4 Å². The van der Waals surface area contributed by atoms with Gasteiger partial charge in [0.05, 0.1) is 6.61 Å². The Morgan fingerprint density at radius 3 is 2.31 bits per heavy atom. The minimum atomic E-state index is 0.745. The Balaban J connectivity index is 1.64. The lowest BCUT2D eigenvalue weighted by Gasteiger charge is -2.17. The van der Waals surface area contributed by atoms with Gasteiger partial charge in [-0.3, -0.25) is 0 Å². The topological polar surface area (TPSA) is 9.23 Å². The number of fused-ring (bicyclic) bond motifs is 1. The van der Waals surface area contributed by atoms with Crippen LogP contribution in [0.15, 0.2) is 36.4 Å². The van der Waals surface area contributed by atoms with E-state index < -0.39 is 0 Å². The fourth-order valence-electron chi connectivity index (χ4n) is 4.33. The van der Waals surface area contributed by atoms with Crippen LogP contribution < -0.4 is 4.74 Å². The zero-order valence-corrected chi connectivity index (χ0v) is 16.6. The van der Waals surface area contributed by atoms with Crippen molar-refractivity contribution in [2.45, 2.75) is 84.0 Å². The minimum absolute atomic E-state index is 0.745. The third-order valence-corrected chi connectivity index (χ3v) is 5.97. The average molecular weight is 353 g/mol. The Bertz CT molecular complexity index is 652. The summed E-state index contributed by atoms with van der Waals surface area (Å²) in [5, 5.41) is 2.69. The zero-order valence-electron chi connectivity index (χ0n) is 16.6. The summed E-state index contributed by atoms with van der Waals surface area (Å²) in [6.45, 7) is 3.17. The predicted molar refractivity (Wildman–Crippen MR) is 113 cm³/mol. The normalized spacial score (nSPS) is 15.9. The van der Waals surface area contributed by atoms with Gasteiger partial charge in [0, 0.05) is 5.39 Å². The van der Waals surface area contributed by atoms with Gasteiger partial charge in [0.1, 0.15) is 5.75 Å². The van der Waals surface area contributed by atoms with Gasteiger partial charge >= 0.3 is 0 Å². The lowest BCUT2D eigenvalue weighted by atomic mass is 9.98. The van der Waals surface area contributed by atoms with Crippen LogP contribution >= 0.6 is 0 Å². The largest absolute Gasteiger partial charge is 0.493 e. The molecule has 0 amide bonds. The molecule has 1 aliphatic rings. The third kappa shape index (κ3) is 5.50. The van der Waals surface area contributed by atoms with Gasteiger partial charge in [-0.15, -0.1) is 0 Å². The Morgan fingerprint density at radius 2 is 1.54 bits per heavy atom. The van der Waals surface area contributed by atoms with Crippen molar-refractivity contribution in [1.29, 1.82) is 0 Å². The SMILES string of the molecule is CCCCCCCc1ccc(OCC2CCCCCC2)c2ccccc12. The number of unbranched alkanes of at least 4 members (excludes halogenated alkanes) is 4. The van der Waals surface area contributed by atoms with Gasteiger partial charge in [0.15, 0.2) is 0 Å². The predicted octanol–water partition coefficient (Wildman–Crippen LogP) is 7.70. The fourth-order valence-corrected chi connectivity index (χ4v) is 4.33. The van der Waals surface area contributed by atoms with Crippen molar-refractivity contribution in [1.82, 2.24) is 0 Å². The molecule has 0 N–H and O–H groups in total. The van der Waals surface area contributed by atoms with Crippen molar-refractivity contribution in [3.8, 4) is 5.75 Å². The van der Waals surface area contributed by atoms with Gasteiger partial charge in [-0.25, -0.2) is 0 Å². The second kappa shape index (κ2) is 10.6. The van der Waals surface area contributed by atoms with E-state index in [4.69, 9.17) is 4.74 Å². The van der Waals surface area contributed by atoms with Gasteiger partial charge in [-0.1, -0.05) is 88.6 Å². The first-order valence-electron chi connectivity index (χ1n) is 11.0. The zero-order chi connectivity index (χ0) is 18.0. The van der Waals surface area contributed by atoms with Crippen LogP contribution in [0.1, 0.15) is 83.1 Å². The molecule has 26 heavy (non-hydrogen) atoms. The van der Waals surface area contributed by atoms with E-state index >= 15 is 0 Å². The fraction of sp³-hybridized carbons (Fsp3) is 0.600. The molecule has 2 aromatic rings. The molecule has 0 aliphatic heterocycles. The smallest absolute Gasteiger partial charge is 0.127 e. The van der Waals surface area contributed by atoms with Crippen molar-refractivity contribution < 1.29 is 4.74 Å². The Morgan fingerprint density at radius 1 is 0.808 bits per heavy atom. The van der Waals surface area contributed by atoms with Crippen molar-refractivity contribution in [2.75, 3.05) is 6.61 Å². The molecule has 0 bridgehead atoms. The number of benzene rings is 2. The first kappa shape index (κ1) is 19.3. The summed E-state index contributed by atoms with van der Waals surface area (Å²) in [7, 11) is 0. The molecule has 1 fully saturated rings. The van der Waals surface area contributed by atoms with E-state index in [-0.39, 0.29) is 0 Å². The lowest BCUT2D eigenvalue weighted by molar-refractivity contribution is 0.236. The molecule has 0 heterocycles. The number of hydrogen-bond donors (Lipinski definition) is 0. The monoisotopic (exact) mass is 352 g/mol. The van der Waals surface area contributed by atoms with Gasteiger partial charge in [-0.05, 0) is 48.6 Å². The molecule has 142 valence electrons. The van der Waals surface area contributed by atoms with Crippen molar-refractivity contribution >= 4 is 10.8 Å². The van der Waals surface area contributed by atoms with Crippen LogP contribution in [0.2, 0.25) is 0 Å². The van der Waals surface area contributed by atoms with Crippen LogP contribution in [0, 0.1) is 5.92 Å². The van der Waals surface area contributed by atoms with Crippen LogP contribution in [0.4, 0.5) is 0 Å². The van der Waals surface area contributed by atoms with Gasteiger partial charge in [0.25, 0.3) is 0 Å². The summed E-state index contributed by atoms with van der Waals surface area (Å²) in [5.41, 5.74) is 1.49. The minimum Gasteiger partial charge on any atom is -0.493 e. The molecule has 0 spiro atoms. The molecule has 1 saturated carbocycles. The van der Waals surface area contributed by atoms with Crippen LogP contribution in [0.25, 0.3) is 10.8 Å². The van der Waals surface area contributed by atoms with Crippen molar-refractivity contribution in [2.24, 2.45) is 5.92 Å². The Hall–Kier alpha value is -1.50. The molecular formula is C25H36O. The summed E-state index contributed by atoms with van der Waals surface area (Å²) >= 11 is 0. The summed E-state index contributed by atoms with van der Waals surface area (Å²) in [6.07, 6.45) is 16.2. The highest BCUT2D eigenvalue weighted by Gasteiger charge is 2.14. The van der Waals surface area contributed by atoms with Crippen molar-refractivity contribution in [3.63, 3.8) is 0 Å². The molecule has 0 radical (unpaired) electrons. The molecule has 0 unspecified atom stereocenters. The second-order valence-electron chi connectivity index (χ2n) is 8.10. The first-order valence-corrected chi connectivity index (χ1v) is 11.0. The maximum absolute atomic E-state index is 6.33. The highest BCUT2D eigenvalue weighted by atomic mass is 16.5. The Labute approximate surface area is 160 Å². The van der Waals surface area contributed by atoms with Gasteiger partial charge in [0.2, 0.25) is 0 Å². The van der Waals surface area contributed by atoms with E-state index in [2.05, 4.69) is 43.3 Å². The molecule has 0 aromatic heterocycles. The molecule has 0 saturated heterocycles. The van der Waals surface area contributed by atoms with Gasteiger partial charge in [-0.2, -0.15) is 0 Å². The summed E-state index contributed by atoms with van der Waals surface area (Å²) in [5.74, 6) is 1.83. The quantitative estimate of drug-likeness (QED) is 0.332. The number of rotatable bonds is 9. The highest BCUT2D eigenvalue weighted by molar-refractivity contribution is 5.91. The van der Waals surface area contributed by atoms with E-state index in [1.54, 1.807) is 0 Å². The van der Waals surface area contributed by atoms with Crippen LogP contribution in [-0.2, 0) is 6.42 Å². The molecule has 0 atom stereocenters. The molecule has 3 rings (SSSR count). The molecular weight excluding hydrogens is 316 g/mol. The molecule has 1 heteroatoms. The average Bonchev–Trinajstić information content (AvgIpc) is 2.96. The lowest BCUT2D eigenvalue weighted by Crippen LogP contribution is -2.11. The highest BCUT2D eigenvalue weighted by Crippen LogP contribution is 2.31. The summed E-state index contributed by atoms with van der Waals surface area (Å²) in [6, 6.07) is 13.3. The Kier molecular flexibility index (Phi) is 7.86. The van der Waals surface area contributed by atoms with Crippen LogP contribution in [-0.4, -0.2) is 6.61 Å². The standard InChI is InChI=1S/C25H36O/c1-2-3-4-5-10-15-22-18-19-25(24-17-12-11-16-23(22)24)26-20-21-13-8-6-7-9-14-21/h11-12,16-19,21H,2-10,13-15,20H2,1H3. The van der Waals surface area contributed by atoms with Crippen LogP contribution in [0.3, 0.4) is 0 Å². The van der Waals surface area contributed by atoms with E-state index in [9.17, 15) is 0 Å². The van der Waals surface area contributed by atoms with E-state index in [0.29, 0.717) is 0 Å². The molecule has 2 aromatic carbocycles. The summed E-state index contributed by atoms with van der Waals surface area (Å²) < 4.78 is 6.33. The number of aryl methyl sites for hydroxylation is 1. The third-order valence-electron chi connectivity index (χ3n) is 5.97. The first-order chi connectivity index (χ1) is 12.9. The van der Waals surface area contributed by atoms with Crippen LogP contribution in [0.5, 0.6) is 5.75 Å². The second-order valence-corrected chi connectivity index (χ2v) is 8.10. The number of ether oxygens (including phenoxy) is 1. The van der Waals surface area contributed by atoms with Crippen molar-refractivity contribution in [3.05, 3.63) is 42.0 Å². The maximum atomic E-state index is 6.33. The molecule has 1 aliphatic carbocycles. The van der Waals surface area contributed by atoms with Gasteiger partial charge < -0.3 is 4.74 Å². The summed E-state index contributed by atoms with van der Waals surface area (Å²) in [4.78, 5) is 0. The maximum Gasteiger partial charge on any atom is 0.127 e.